The van der Waals surface area contributed by atoms with Gasteiger partial charge in [0.15, 0.2) is 6.23 Å². The number of benzene rings is 4. The number of carbonyl (C=O) groups is 2. The molecule has 13 nitrogen and oxygen atoms in total. The van der Waals surface area contributed by atoms with Crippen molar-refractivity contribution < 1.29 is 43.1 Å². The van der Waals surface area contributed by atoms with Crippen LogP contribution in [-0.4, -0.2) is 74.8 Å². The predicted molar refractivity (Wildman–Crippen MR) is 219 cm³/mol. The van der Waals surface area contributed by atoms with Crippen molar-refractivity contribution in [3.8, 4) is 0 Å². The van der Waals surface area contributed by atoms with Gasteiger partial charge in [-0.1, -0.05) is 133 Å². The first-order valence-electron chi connectivity index (χ1n) is 20.0. The van der Waals surface area contributed by atoms with E-state index in [2.05, 4.69) is 15.6 Å². The minimum absolute atomic E-state index is 0.140. The molecule has 2 heterocycles. The van der Waals surface area contributed by atoms with Gasteiger partial charge >= 0.3 is 12.1 Å². The lowest BCUT2D eigenvalue weighted by Crippen LogP contribution is -2.59. The number of aliphatic carboxylic acids is 1. The molecule has 5 aromatic rings. The molecule has 0 radical (unpaired) electrons. The first-order valence-corrected chi connectivity index (χ1v) is 20.0. The number of carboxylic acid groups (broad SMARTS) is 1. The fourth-order valence-corrected chi connectivity index (χ4v) is 6.95. The van der Waals surface area contributed by atoms with Crippen LogP contribution in [0.2, 0.25) is 0 Å². The highest BCUT2D eigenvalue weighted by atomic mass is 16.6. The number of carboxylic acids is 1. The zero-order chi connectivity index (χ0) is 41.6. The van der Waals surface area contributed by atoms with Gasteiger partial charge in [0.05, 0.1) is 44.9 Å². The lowest BCUT2D eigenvalue weighted by atomic mass is 9.93. The van der Waals surface area contributed by atoms with Gasteiger partial charge in [0.2, 0.25) is 0 Å². The Balaban J connectivity index is 1.37. The lowest BCUT2D eigenvalue weighted by molar-refractivity contribution is -0.292. The van der Waals surface area contributed by atoms with Crippen molar-refractivity contribution in [3.05, 3.63) is 155 Å². The first kappa shape index (κ1) is 43.1. The van der Waals surface area contributed by atoms with E-state index >= 15 is 0 Å². The molecule has 1 unspecified atom stereocenters. The van der Waals surface area contributed by atoms with Crippen LogP contribution in [0.1, 0.15) is 74.2 Å². The molecule has 1 aromatic heterocycles. The third kappa shape index (κ3) is 12.5. The third-order valence-electron chi connectivity index (χ3n) is 9.81. The smallest absolute Gasteiger partial charge is 0.408 e. The Bertz CT molecular complexity index is 2010. The minimum Gasteiger partial charge on any atom is -0.480 e. The summed E-state index contributed by atoms with van der Waals surface area (Å²) < 4.78 is 40.6. The van der Waals surface area contributed by atoms with Crippen molar-refractivity contribution in [2.24, 2.45) is 0 Å². The fraction of sp³-hybridized carbons (Fsp3) is 0.391. The molecule has 1 saturated heterocycles. The maximum absolute atomic E-state index is 12.8. The van der Waals surface area contributed by atoms with E-state index < -0.39 is 60.3 Å². The second kappa shape index (κ2) is 21.0. The van der Waals surface area contributed by atoms with Crippen LogP contribution in [0, 0.1) is 0 Å². The van der Waals surface area contributed by atoms with Crippen molar-refractivity contribution in [2.45, 2.75) is 109 Å². The number of amides is 1. The monoisotopic (exact) mass is 806 g/mol. The Morgan fingerprint density at radius 2 is 1.20 bits per heavy atom. The highest BCUT2D eigenvalue weighted by Crippen LogP contribution is 2.36. The molecule has 13 heteroatoms. The molecule has 7 atom stereocenters. The molecule has 2 N–H and O–H groups in total. The van der Waals surface area contributed by atoms with Gasteiger partial charge in [0.25, 0.3) is 0 Å². The molecule has 1 aliphatic rings. The second-order valence-electron chi connectivity index (χ2n) is 15.4. The molecule has 0 aliphatic carbocycles. The summed E-state index contributed by atoms with van der Waals surface area (Å²) >= 11 is 0. The van der Waals surface area contributed by atoms with Gasteiger partial charge in [-0.3, -0.25) is 0 Å². The van der Waals surface area contributed by atoms with E-state index in [4.69, 9.17) is 28.4 Å². The van der Waals surface area contributed by atoms with Gasteiger partial charge in [-0.15, -0.1) is 5.10 Å². The van der Waals surface area contributed by atoms with Crippen LogP contribution < -0.4 is 5.32 Å². The number of rotatable bonds is 19. The average Bonchev–Trinajstić information content (AvgIpc) is 3.72. The summed E-state index contributed by atoms with van der Waals surface area (Å²) in [6, 6.07) is 38.1. The highest BCUT2D eigenvalue weighted by Gasteiger charge is 2.50. The van der Waals surface area contributed by atoms with E-state index in [-0.39, 0.29) is 26.4 Å². The van der Waals surface area contributed by atoms with Crippen LogP contribution in [0.4, 0.5) is 4.79 Å². The number of hydrogen-bond donors (Lipinski definition) is 2. The molecule has 312 valence electrons. The van der Waals surface area contributed by atoms with Gasteiger partial charge < -0.3 is 38.8 Å². The van der Waals surface area contributed by atoms with E-state index in [9.17, 15) is 14.7 Å². The molecule has 4 aromatic carbocycles. The van der Waals surface area contributed by atoms with E-state index in [1.807, 2.05) is 128 Å². The van der Waals surface area contributed by atoms with Crippen LogP contribution >= 0.6 is 0 Å². The predicted octanol–water partition coefficient (Wildman–Crippen LogP) is 7.62. The summed E-state index contributed by atoms with van der Waals surface area (Å²) in [6.07, 6.45) is -2.70. The molecule has 6 rings (SSSR count). The minimum atomic E-state index is -1.35. The number of ether oxygens (including phenoxy) is 6. The van der Waals surface area contributed by atoms with Crippen molar-refractivity contribution in [1.82, 2.24) is 20.3 Å². The quantitative estimate of drug-likeness (QED) is 0.0848. The lowest BCUT2D eigenvalue weighted by Gasteiger charge is -2.46. The fourth-order valence-electron chi connectivity index (χ4n) is 6.95. The number of aromatic nitrogens is 3. The molecular formula is C46H54N4O9. The summed E-state index contributed by atoms with van der Waals surface area (Å²) in [4.78, 5) is 25.4. The molecule has 59 heavy (non-hydrogen) atoms. The maximum Gasteiger partial charge on any atom is 0.408 e. The average molecular weight is 807 g/mol. The normalized spacial score (nSPS) is 20.4. The number of nitrogens with zero attached hydrogens (tertiary/aromatic N) is 3. The maximum atomic E-state index is 12.8. The number of hydrogen-bond acceptors (Lipinski definition) is 10. The zero-order valence-electron chi connectivity index (χ0n) is 34.0. The standard InChI is InChI=1S/C46H54N4O9/c1-5-36(39(44(51)52)47-45(53)59-46(2,3)4)37-26-50(49-48-37)43-42(57-30-35-24-16-9-17-25-35)41(56-29-34-22-14-8-15-23-34)40(55-28-33-20-12-7-13-21-33)38(58-43)31-54-27-32-18-10-6-11-19-32/h6-26,36,38-43H,5,27-31H2,1-4H3,(H,47,53)(H,51,52)/t36?,38-,39+,40-,41+,42-,43-/m1/s1. The van der Waals surface area contributed by atoms with Crippen LogP contribution in [0.25, 0.3) is 0 Å². The van der Waals surface area contributed by atoms with Crippen LogP contribution in [0.3, 0.4) is 0 Å². The van der Waals surface area contributed by atoms with Crippen molar-refractivity contribution in [2.75, 3.05) is 6.61 Å². The van der Waals surface area contributed by atoms with Crippen molar-refractivity contribution in [1.29, 1.82) is 0 Å². The summed E-state index contributed by atoms with van der Waals surface area (Å²) in [5, 5.41) is 21.8. The van der Waals surface area contributed by atoms with Crippen LogP contribution in [-0.2, 0) is 59.6 Å². The Hall–Kier alpha value is -5.44. The van der Waals surface area contributed by atoms with Crippen molar-refractivity contribution in [3.63, 3.8) is 0 Å². The SMILES string of the molecule is CCC(c1cn([C@@H]2O[C@H](COCc3ccccc3)[C@@H](OCc3ccccc3)[C@H](OCc3ccccc3)[C@H]2OCc2ccccc2)nn1)[C@H](NC(=O)OC(C)(C)C)C(=O)O. The highest BCUT2D eigenvalue weighted by molar-refractivity contribution is 5.81. The van der Waals surface area contributed by atoms with E-state index in [1.54, 1.807) is 27.0 Å². The summed E-state index contributed by atoms with van der Waals surface area (Å²) in [5.74, 6) is -2.00. The number of alkyl carbamates (subject to hydrolysis) is 1. The number of nitrogens with one attached hydrogen (secondary N) is 1. The first-order chi connectivity index (χ1) is 28.6. The second-order valence-corrected chi connectivity index (χ2v) is 15.4. The largest absolute Gasteiger partial charge is 0.480 e. The van der Waals surface area contributed by atoms with E-state index in [1.165, 1.54) is 4.68 Å². The Labute approximate surface area is 345 Å². The summed E-state index contributed by atoms with van der Waals surface area (Å²) in [6.45, 7) is 8.17. The van der Waals surface area contributed by atoms with Gasteiger partial charge in [0, 0.05) is 5.92 Å². The topological polar surface area (TPSA) is 152 Å². The summed E-state index contributed by atoms with van der Waals surface area (Å²) in [7, 11) is 0. The zero-order valence-corrected chi connectivity index (χ0v) is 34.0. The van der Waals surface area contributed by atoms with Gasteiger partial charge in [-0.05, 0) is 49.4 Å². The molecule has 1 amide bonds. The third-order valence-corrected chi connectivity index (χ3v) is 9.81. The molecular weight excluding hydrogens is 753 g/mol. The van der Waals surface area contributed by atoms with Gasteiger partial charge in [-0.25, -0.2) is 14.3 Å². The Kier molecular flexibility index (Phi) is 15.4. The molecule has 0 bridgehead atoms. The number of carbonyl (C=O) groups excluding carboxylic acids is 1. The summed E-state index contributed by atoms with van der Waals surface area (Å²) in [5.41, 5.74) is 3.38. The van der Waals surface area contributed by atoms with Crippen LogP contribution in [0.15, 0.2) is 128 Å². The van der Waals surface area contributed by atoms with E-state index in [0.29, 0.717) is 18.7 Å². The van der Waals surface area contributed by atoms with E-state index in [0.717, 1.165) is 22.3 Å². The van der Waals surface area contributed by atoms with Gasteiger partial charge in [0.1, 0.15) is 36.1 Å². The molecule has 1 aliphatic heterocycles. The Morgan fingerprint density at radius 3 is 1.68 bits per heavy atom. The van der Waals surface area contributed by atoms with Crippen LogP contribution in [0.5, 0.6) is 0 Å². The molecule has 0 saturated carbocycles. The molecule has 1 fully saturated rings. The van der Waals surface area contributed by atoms with Gasteiger partial charge in [-0.2, -0.15) is 0 Å². The Morgan fingerprint density at radius 1 is 0.729 bits per heavy atom. The van der Waals surface area contributed by atoms with Crippen molar-refractivity contribution >= 4 is 12.1 Å². The molecule has 0 spiro atoms.